The van der Waals surface area contributed by atoms with Gasteiger partial charge in [-0.2, -0.15) is 0 Å². The van der Waals surface area contributed by atoms with Gasteiger partial charge in [0.05, 0.1) is 12.6 Å². The Morgan fingerprint density at radius 2 is 1.88 bits per heavy atom. The van der Waals surface area contributed by atoms with Gasteiger partial charge in [-0.3, -0.25) is 15.6 Å². The lowest BCUT2D eigenvalue weighted by Crippen LogP contribution is -2.50. The van der Waals surface area contributed by atoms with Crippen LogP contribution < -0.4 is 21.5 Å². The van der Waals surface area contributed by atoms with E-state index in [-0.39, 0.29) is 35.5 Å². The first-order valence-electron chi connectivity index (χ1n) is 9.00. The summed E-state index contributed by atoms with van der Waals surface area (Å²) in [6, 6.07) is 9.39. The van der Waals surface area contributed by atoms with E-state index in [4.69, 9.17) is 0 Å². The summed E-state index contributed by atoms with van der Waals surface area (Å²) in [5, 5.41) is 6.66. The number of carbonyl (C=O) groups is 1. The zero-order chi connectivity index (χ0) is 17.3. The Morgan fingerprint density at radius 1 is 1.21 bits per heavy atom. The van der Waals surface area contributed by atoms with E-state index >= 15 is 0 Å². The first-order valence-corrected chi connectivity index (χ1v) is 9.00. The Balaban J connectivity index is 1.64. The predicted octanol–water partition coefficient (Wildman–Crippen LogP) is 1.66. The van der Waals surface area contributed by atoms with Crippen molar-refractivity contribution in [3.05, 3.63) is 35.4 Å². The average molecular weight is 330 g/mol. The van der Waals surface area contributed by atoms with Crippen LogP contribution >= 0.6 is 0 Å². The van der Waals surface area contributed by atoms with Gasteiger partial charge in [-0.15, -0.1) is 0 Å². The Hall–Kier alpha value is -1.43. The van der Waals surface area contributed by atoms with Gasteiger partial charge >= 0.3 is 0 Å². The van der Waals surface area contributed by atoms with Crippen LogP contribution in [0.25, 0.3) is 0 Å². The van der Waals surface area contributed by atoms with Crippen LogP contribution in [0, 0.1) is 5.41 Å². The van der Waals surface area contributed by atoms with E-state index in [0.717, 1.165) is 12.8 Å². The van der Waals surface area contributed by atoms with Gasteiger partial charge in [-0.05, 0) is 43.2 Å². The third-order valence-electron chi connectivity index (χ3n) is 5.60. The minimum absolute atomic E-state index is 0.0584. The maximum Gasteiger partial charge on any atom is 0.234 e. The van der Waals surface area contributed by atoms with Crippen LogP contribution in [0.3, 0.4) is 0 Å². The van der Waals surface area contributed by atoms with Crippen molar-refractivity contribution in [2.75, 3.05) is 6.54 Å². The van der Waals surface area contributed by atoms with Crippen molar-refractivity contribution < 1.29 is 4.79 Å². The third-order valence-corrected chi connectivity index (χ3v) is 5.60. The van der Waals surface area contributed by atoms with Crippen molar-refractivity contribution in [3.63, 3.8) is 0 Å². The van der Waals surface area contributed by atoms with E-state index in [1.807, 2.05) is 0 Å². The lowest BCUT2D eigenvalue weighted by Gasteiger charge is -2.40. The summed E-state index contributed by atoms with van der Waals surface area (Å²) < 4.78 is 0. The SMILES string of the molecule is CC1NNC(C)C1NC(=O)CNC1c2ccccc2CCC1(C)C. The number of hydrazine groups is 1. The molecule has 0 aromatic heterocycles. The largest absolute Gasteiger partial charge is 0.349 e. The highest BCUT2D eigenvalue weighted by atomic mass is 16.2. The van der Waals surface area contributed by atoms with Crippen molar-refractivity contribution >= 4 is 5.91 Å². The summed E-state index contributed by atoms with van der Waals surface area (Å²) in [6.45, 7) is 9.07. The number of rotatable bonds is 4. The Bertz CT molecular complexity index is 591. The van der Waals surface area contributed by atoms with Crippen molar-refractivity contribution in [2.24, 2.45) is 5.41 Å². The Kier molecular flexibility index (Phi) is 4.95. The maximum absolute atomic E-state index is 12.4. The molecular weight excluding hydrogens is 300 g/mol. The summed E-state index contributed by atoms with van der Waals surface area (Å²) in [5.74, 6) is 0.0584. The van der Waals surface area contributed by atoms with Crippen LogP contribution in [-0.2, 0) is 11.2 Å². The van der Waals surface area contributed by atoms with E-state index in [0.29, 0.717) is 6.54 Å². The number of hydrogen-bond acceptors (Lipinski definition) is 4. The van der Waals surface area contributed by atoms with E-state index in [2.05, 4.69) is 73.4 Å². The molecule has 3 atom stereocenters. The lowest BCUT2D eigenvalue weighted by molar-refractivity contribution is -0.121. The molecule has 1 fully saturated rings. The monoisotopic (exact) mass is 330 g/mol. The minimum Gasteiger partial charge on any atom is -0.349 e. The molecule has 0 bridgehead atoms. The van der Waals surface area contributed by atoms with Gasteiger partial charge in [0.1, 0.15) is 0 Å². The maximum atomic E-state index is 12.4. The topological polar surface area (TPSA) is 65.2 Å². The second-order valence-corrected chi connectivity index (χ2v) is 7.96. The fraction of sp³-hybridized carbons (Fsp3) is 0.632. The van der Waals surface area contributed by atoms with E-state index in [1.165, 1.54) is 11.1 Å². The molecule has 5 nitrogen and oxygen atoms in total. The minimum atomic E-state index is 0.0584. The van der Waals surface area contributed by atoms with Crippen LogP contribution in [0.1, 0.15) is 51.3 Å². The molecule has 24 heavy (non-hydrogen) atoms. The Morgan fingerprint density at radius 3 is 2.58 bits per heavy atom. The number of fused-ring (bicyclic) bond motifs is 1. The molecule has 0 spiro atoms. The highest BCUT2D eigenvalue weighted by Crippen LogP contribution is 2.43. The molecule has 3 unspecified atom stereocenters. The highest BCUT2D eigenvalue weighted by Gasteiger charge is 2.36. The number of carbonyl (C=O) groups excluding carboxylic acids is 1. The molecule has 0 saturated carbocycles. The zero-order valence-corrected chi connectivity index (χ0v) is 15.1. The van der Waals surface area contributed by atoms with Crippen LogP contribution in [0.5, 0.6) is 0 Å². The number of benzene rings is 1. The summed E-state index contributed by atoms with van der Waals surface area (Å²) in [5.41, 5.74) is 9.23. The molecule has 1 aliphatic carbocycles. The van der Waals surface area contributed by atoms with Crippen molar-refractivity contribution in [2.45, 2.75) is 64.7 Å². The van der Waals surface area contributed by atoms with E-state index in [9.17, 15) is 4.79 Å². The molecule has 1 amide bonds. The molecule has 5 heteroatoms. The summed E-state index contributed by atoms with van der Waals surface area (Å²) in [4.78, 5) is 12.4. The highest BCUT2D eigenvalue weighted by molar-refractivity contribution is 5.78. The quantitative estimate of drug-likeness (QED) is 0.678. The average Bonchev–Trinajstić information content (AvgIpc) is 2.85. The van der Waals surface area contributed by atoms with Crippen LogP contribution in [0.2, 0.25) is 0 Å². The molecule has 0 radical (unpaired) electrons. The predicted molar refractivity (Wildman–Crippen MR) is 96.4 cm³/mol. The molecule has 1 saturated heterocycles. The van der Waals surface area contributed by atoms with Gasteiger partial charge in [0.2, 0.25) is 5.91 Å². The molecule has 132 valence electrons. The molecule has 1 aromatic rings. The molecule has 1 aromatic carbocycles. The molecule has 3 rings (SSSR count). The summed E-state index contributed by atoms with van der Waals surface area (Å²) in [7, 11) is 0. The van der Waals surface area contributed by atoms with Crippen LogP contribution in [0.15, 0.2) is 24.3 Å². The smallest absolute Gasteiger partial charge is 0.234 e. The first kappa shape index (κ1) is 17.4. The van der Waals surface area contributed by atoms with Gasteiger partial charge in [0, 0.05) is 18.1 Å². The van der Waals surface area contributed by atoms with Crippen LogP contribution in [0.4, 0.5) is 0 Å². The standard InChI is InChI=1S/C19H30N4O/c1-12-17(13(2)23-22-12)21-16(24)11-20-18-15-8-6-5-7-14(15)9-10-19(18,3)4/h5-8,12-13,17-18,20,22-23H,9-11H2,1-4H3,(H,21,24). The number of aryl methyl sites for hydroxylation is 1. The second kappa shape index (κ2) is 6.82. The van der Waals surface area contributed by atoms with Gasteiger partial charge < -0.3 is 10.6 Å². The lowest BCUT2D eigenvalue weighted by atomic mass is 9.70. The van der Waals surface area contributed by atoms with E-state index in [1.54, 1.807) is 0 Å². The van der Waals surface area contributed by atoms with E-state index < -0.39 is 0 Å². The normalized spacial score (nSPS) is 31.5. The summed E-state index contributed by atoms with van der Waals surface area (Å²) >= 11 is 0. The number of hydrogen-bond donors (Lipinski definition) is 4. The van der Waals surface area contributed by atoms with Gasteiger partial charge in [-0.25, -0.2) is 0 Å². The number of nitrogens with one attached hydrogen (secondary N) is 4. The molecule has 2 aliphatic rings. The van der Waals surface area contributed by atoms with Crippen molar-refractivity contribution in [1.82, 2.24) is 21.5 Å². The second-order valence-electron chi connectivity index (χ2n) is 7.96. The van der Waals surface area contributed by atoms with Crippen molar-refractivity contribution in [3.8, 4) is 0 Å². The van der Waals surface area contributed by atoms with Crippen LogP contribution in [-0.4, -0.2) is 30.6 Å². The molecular formula is C19H30N4O. The third kappa shape index (κ3) is 3.48. The van der Waals surface area contributed by atoms with Gasteiger partial charge in [0.25, 0.3) is 0 Å². The first-order chi connectivity index (χ1) is 11.4. The van der Waals surface area contributed by atoms with Gasteiger partial charge in [-0.1, -0.05) is 38.1 Å². The molecule has 4 N–H and O–H groups in total. The van der Waals surface area contributed by atoms with Gasteiger partial charge in [0.15, 0.2) is 0 Å². The Labute approximate surface area is 144 Å². The fourth-order valence-corrected chi connectivity index (χ4v) is 4.01. The summed E-state index contributed by atoms with van der Waals surface area (Å²) in [6.07, 6.45) is 2.25. The fourth-order valence-electron chi connectivity index (χ4n) is 4.01. The number of amides is 1. The zero-order valence-electron chi connectivity index (χ0n) is 15.1. The van der Waals surface area contributed by atoms with Crippen molar-refractivity contribution in [1.29, 1.82) is 0 Å². The molecule has 1 heterocycles. The molecule has 1 aliphatic heterocycles.